The van der Waals surface area contributed by atoms with E-state index in [1.165, 1.54) is 18.2 Å². The van der Waals surface area contributed by atoms with Gasteiger partial charge in [-0.3, -0.25) is 4.79 Å². The molecule has 0 radical (unpaired) electrons. The number of amides is 1. The maximum Gasteiger partial charge on any atom is 0.243 e. The molecular weight excluding hydrogens is 431 g/mol. The van der Waals surface area contributed by atoms with Gasteiger partial charge in [0.15, 0.2) is 0 Å². The third-order valence-electron chi connectivity index (χ3n) is 4.85. The van der Waals surface area contributed by atoms with Crippen molar-refractivity contribution >= 4 is 38.9 Å². The van der Waals surface area contributed by atoms with Crippen LogP contribution in [0.25, 0.3) is 0 Å². The number of anilines is 2. The normalized spacial score (nSPS) is 15.2. The number of halogens is 2. The van der Waals surface area contributed by atoms with E-state index in [1.54, 1.807) is 12.1 Å². The molecule has 2 N–H and O–H groups in total. The van der Waals surface area contributed by atoms with Crippen LogP contribution in [0.15, 0.2) is 47.4 Å². The van der Waals surface area contributed by atoms with Gasteiger partial charge in [-0.05, 0) is 37.4 Å². The van der Waals surface area contributed by atoms with Crippen molar-refractivity contribution in [2.75, 3.05) is 50.0 Å². The minimum atomic E-state index is -4.04. The number of carbonyl (C=O) groups is 1. The largest absolute Gasteiger partial charge is 0.367 e. The molecule has 1 aliphatic rings. The Morgan fingerprint density at radius 1 is 1.13 bits per heavy atom. The first-order valence-electron chi connectivity index (χ1n) is 9.53. The molecule has 2 aromatic rings. The van der Waals surface area contributed by atoms with Crippen LogP contribution in [0.2, 0.25) is 5.02 Å². The highest BCUT2D eigenvalue weighted by molar-refractivity contribution is 7.89. The van der Waals surface area contributed by atoms with Crippen molar-refractivity contribution in [3.05, 3.63) is 53.3 Å². The quantitative estimate of drug-likeness (QED) is 0.672. The number of carbonyl (C=O) groups excluding carboxylic acids is 1. The topological polar surface area (TPSA) is 81.8 Å². The van der Waals surface area contributed by atoms with Crippen LogP contribution in [-0.4, -0.2) is 59.0 Å². The summed E-state index contributed by atoms with van der Waals surface area (Å²) in [6, 6.07) is 10.4. The Morgan fingerprint density at radius 3 is 2.53 bits per heavy atom. The van der Waals surface area contributed by atoms with Crippen molar-refractivity contribution in [2.24, 2.45) is 0 Å². The Morgan fingerprint density at radius 2 is 1.83 bits per heavy atom. The molecule has 10 heteroatoms. The fourth-order valence-corrected chi connectivity index (χ4v) is 4.46. The first-order valence-corrected chi connectivity index (χ1v) is 11.4. The van der Waals surface area contributed by atoms with E-state index in [0.29, 0.717) is 10.7 Å². The summed E-state index contributed by atoms with van der Waals surface area (Å²) in [7, 11) is -1.98. The van der Waals surface area contributed by atoms with Gasteiger partial charge in [-0.15, -0.1) is 0 Å². The number of sulfonamides is 1. The Labute approximate surface area is 180 Å². The maximum absolute atomic E-state index is 13.7. The van der Waals surface area contributed by atoms with E-state index in [-0.39, 0.29) is 18.9 Å². The highest BCUT2D eigenvalue weighted by atomic mass is 35.5. The zero-order chi connectivity index (χ0) is 21.7. The summed E-state index contributed by atoms with van der Waals surface area (Å²) in [6.07, 6.45) is -0.109. The summed E-state index contributed by atoms with van der Waals surface area (Å²) in [5.41, 5.74) is 1.45. The van der Waals surface area contributed by atoms with Crippen molar-refractivity contribution in [2.45, 2.75) is 11.3 Å². The lowest BCUT2D eigenvalue weighted by molar-refractivity contribution is -0.116. The molecule has 3 rings (SSSR count). The molecule has 7 nitrogen and oxygen atoms in total. The summed E-state index contributed by atoms with van der Waals surface area (Å²) >= 11 is 6.10. The molecule has 0 spiro atoms. The fraction of sp³-hybridized carbons (Fsp3) is 0.350. The lowest BCUT2D eigenvalue weighted by atomic mass is 10.2. The lowest BCUT2D eigenvalue weighted by Gasteiger charge is -2.35. The van der Waals surface area contributed by atoms with Gasteiger partial charge >= 0.3 is 0 Å². The van der Waals surface area contributed by atoms with Crippen molar-refractivity contribution in [3.63, 3.8) is 0 Å². The highest BCUT2D eigenvalue weighted by Crippen LogP contribution is 2.30. The molecule has 162 valence electrons. The second kappa shape index (κ2) is 9.74. The molecule has 1 saturated heterocycles. The van der Waals surface area contributed by atoms with Gasteiger partial charge in [0.2, 0.25) is 15.9 Å². The molecule has 1 aliphatic heterocycles. The van der Waals surface area contributed by atoms with Gasteiger partial charge in [-0.2, -0.15) is 0 Å². The van der Waals surface area contributed by atoms with Crippen molar-refractivity contribution in [3.8, 4) is 0 Å². The van der Waals surface area contributed by atoms with E-state index >= 15 is 0 Å². The number of hydrogen-bond donors (Lipinski definition) is 2. The predicted molar refractivity (Wildman–Crippen MR) is 116 cm³/mol. The molecule has 0 aromatic heterocycles. The molecule has 2 aromatic carbocycles. The minimum absolute atomic E-state index is 0.109. The van der Waals surface area contributed by atoms with Gasteiger partial charge in [0.1, 0.15) is 10.7 Å². The number of nitrogens with one attached hydrogen (secondary N) is 2. The van der Waals surface area contributed by atoms with E-state index in [1.807, 2.05) is 6.07 Å². The molecule has 0 saturated carbocycles. The van der Waals surface area contributed by atoms with Crippen molar-refractivity contribution in [1.29, 1.82) is 0 Å². The van der Waals surface area contributed by atoms with Gasteiger partial charge in [0, 0.05) is 44.2 Å². The van der Waals surface area contributed by atoms with E-state index in [2.05, 4.69) is 26.9 Å². The van der Waals surface area contributed by atoms with Gasteiger partial charge in [-0.25, -0.2) is 17.5 Å². The van der Waals surface area contributed by atoms with Crippen LogP contribution in [0.4, 0.5) is 15.8 Å². The summed E-state index contributed by atoms with van der Waals surface area (Å²) in [5, 5.41) is 3.30. The number of benzene rings is 2. The average molecular weight is 455 g/mol. The van der Waals surface area contributed by atoms with E-state index in [9.17, 15) is 17.6 Å². The highest BCUT2D eigenvalue weighted by Gasteiger charge is 2.20. The summed E-state index contributed by atoms with van der Waals surface area (Å²) in [4.78, 5) is 16.4. The van der Waals surface area contributed by atoms with Crippen LogP contribution in [0.1, 0.15) is 6.42 Å². The van der Waals surface area contributed by atoms with Crippen LogP contribution < -0.4 is 14.9 Å². The van der Waals surface area contributed by atoms with Gasteiger partial charge in [-0.1, -0.05) is 23.7 Å². The second-order valence-corrected chi connectivity index (χ2v) is 9.25. The fourth-order valence-electron chi connectivity index (χ4n) is 3.18. The molecular formula is C20H24ClFN4O3S. The SMILES string of the molecule is CN1CCN(c2ccc(Cl)cc2NC(=O)CCNS(=O)(=O)c2ccccc2F)CC1. The van der Waals surface area contributed by atoms with E-state index in [0.717, 1.165) is 37.9 Å². The Hall–Kier alpha value is -2.20. The monoisotopic (exact) mass is 454 g/mol. The minimum Gasteiger partial charge on any atom is -0.367 e. The smallest absolute Gasteiger partial charge is 0.243 e. The van der Waals surface area contributed by atoms with Crippen LogP contribution in [0, 0.1) is 5.82 Å². The number of piperazine rings is 1. The predicted octanol–water partition coefficient (Wildman–Crippen LogP) is 2.54. The second-order valence-electron chi connectivity index (χ2n) is 7.08. The molecule has 0 atom stereocenters. The standard InChI is InChI=1S/C20H24ClFN4O3S/c1-25-10-12-26(13-11-25)18-7-6-15(21)14-17(18)24-20(27)8-9-23-30(28,29)19-5-3-2-4-16(19)22/h2-7,14,23H,8-13H2,1H3,(H,24,27). The Balaban J connectivity index is 1.61. The first-order chi connectivity index (χ1) is 14.3. The van der Waals surface area contributed by atoms with Crippen molar-refractivity contribution in [1.82, 2.24) is 9.62 Å². The van der Waals surface area contributed by atoms with Crippen LogP contribution in [-0.2, 0) is 14.8 Å². The van der Waals surface area contributed by atoms with E-state index < -0.39 is 20.7 Å². The lowest BCUT2D eigenvalue weighted by Crippen LogP contribution is -2.44. The third-order valence-corrected chi connectivity index (χ3v) is 6.58. The van der Waals surface area contributed by atoms with Gasteiger partial charge in [0.05, 0.1) is 11.4 Å². The van der Waals surface area contributed by atoms with Gasteiger partial charge < -0.3 is 15.1 Å². The molecule has 0 aliphatic carbocycles. The van der Waals surface area contributed by atoms with Crippen LogP contribution in [0.3, 0.4) is 0 Å². The third kappa shape index (κ3) is 5.69. The zero-order valence-electron chi connectivity index (χ0n) is 16.6. The summed E-state index contributed by atoms with van der Waals surface area (Å²) < 4.78 is 40.4. The first kappa shape index (κ1) is 22.5. The molecule has 0 unspecified atom stereocenters. The number of nitrogens with zero attached hydrogens (tertiary/aromatic N) is 2. The molecule has 1 amide bonds. The number of rotatable bonds is 7. The molecule has 0 bridgehead atoms. The van der Waals surface area contributed by atoms with Crippen molar-refractivity contribution < 1.29 is 17.6 Å². The maximum atomic E-state index is 13.7. The van der Waals surface area contributed by atoms with Gasteiger partial charge in [0.25, 0.3) is 0 Å². The summed E-state index contributed by atoms with van der Waals surface area (Å²) in [5.74, 6) is -1.21. The molecule has 1 heterocycles. The molecule has 1 fully saturated rings. The Bertz CT molecular complexity index is 1010. The number of likely N-dealkylation sites (N-methyl/N-ethyl adjacent to an activating group) is 1. The van der Waals surface area contributed by atoms with Crippen LogP contribution in [0.5, 0.6) is 0 Å². The average Bonchev–Trinajstić information content (AvgIpc) is 2.69. The summed E-state index contributed by atoms with van der Waals surface area (Å²) in [6.45, 7) is 3.31. The van der Waals surface area contributed by atoms with E-state index in [4.69, 9.17) is 11.6 Å². The Kier molecular flexibility index (Phi) is 7.30. The van der Waals surface area contributed by atoms with Crippen LogP contribution >= 0.6 is 11.6 Å². The molecule has 30 heavy (non-hydrogen) atoms. The number of hydrogen-bond acceptors (Lipinski definition) is 5. The zero-order valence-corrected chi connectivity index (χ0v) is 18.1.